The molecule has 9 atom stereocenters. The fraction of sp³-hybridized carbons (Fsp3) is 0.714. The monoisotopic (exact) mass is 618 g/mol. The van der Waals surface area contributed by atoms with Crippen LogP contribution in [-0.4, -0.2) is 134 Å². The van der Waals surface area contributed by atoms with Crippen molar-refractivity contribution < 1.29 is 64.7 Å². The zero-order chi connectivity index (χ0) is 31.8. The van der Waals surface area contributed by atoms with E-state index < -0.39 is 80.3 Å². The molecule has 1 aromatic carbocycles. The number of hydrogen-bond donors (Lipinski definition) is 10. The number of hydrogen-bond acceptors (Lipinski definition) is 13. The zero-order valence-corrected chi connectivity index (χ0v) is 24.0. The summed E-state index contributed by atoms with van der Waals surface area (Å²) in [4.78, 5) is 24.1. The number of alkyl carbamates (subject to hydrolysis) is 1. The number of ether oxygens (including phenoxy) is 3. The highest BCUT2D eigenvalue weighted by Gasteiger charge is 2.47. The highest BCUT2D eigenvalue weighted by atomic mass is 16.7. The molecule has 43 heavy (non-hydrogen) atoms. The van der Waals surface area contributed by atoms with Gasteiger partial charge in [0.1, 0.15) is 49.3 Å². The van der Waals surface area contributed by atoms with Crippen LogP contribution in [0.15, 0.2) is 30.3 Å². The molecule has 3 unspecified atom stereocenters. The molecule has 246 valence electrons. The molecule has 1 aliphatic heterocycles. The standard InChI is InChI=1S/C28H46N2O13/c31-14-18(33)25(43-27-24(38)21(35)20(34)19(15-32)42-27)22(36)23(37)26(39)29-12-8-3-1-2-4-9-13-30-28(40)41-16-17-10-6-5-7-11-17/h5-7,10-11,18-25,27,31-38H,1-4,8-9,12-16H2,(H,29,39)(H,30,40)/t18-,19?,20-,21?,22-,23-,24?,25+,27-/m1/s1. The Morgan fingerprint density at radius 3 is 2.05 bits per heavy atom. The van der Waals surface area contributed by atoms with Gasteiger partial charge in [-0.2, -0.15) is 0 Å². The SMILES string of the molecule is O=C(NCCCCCCCCNC(=O)[C@H](O)[C@@H](O)[C@@H](O[C@H]1OC(CO)[C@@H](O)C(O)C1O)[C@H](O)CO)OCc1ccccc1. The maximum absolute atomic E-state index is 12.4. The Balaban J connectivity index is 1.63. The lowest BCUT2D eigenvalue weighted by Gasteiger charge is -2.42. The summed E-state index contributed by atoms with van der Waals surface area (Å²) >= 11 is 0. The molecule has 2 amide bonds. The molecule has 15 nitrogen and oxygen atoms in total. The van der Waals surface area contributed by atoms with E-state index in [1.807, 2.05) is 30.3 Å². The lowest BCUT2D eigenvalue weighted by atomic mass is 9.98. The number of rotatable bonds is 19. The van der Waals surface area contributed by atoms with Gasteiger partial charge in [0.2, 0.25) is 0 Å². The van der Waals surface area contributed by atoms with Crippen LogP contribution in [-0.2, 0) is 25.6 Å². The Morgan fingerprint density at radius 2 is 1.44 bits per heavy atom. The van der Waals surface area contributed by atoms with Crippen LogP contribution in [0.4, 0.5) is 4.79 Å². The van der Waals surface area contributed by atoms with Crippen molar-refractivity contribution in [3.63, 3.8) is 0 Å². The first-order valence-electron chi connectivity index (χ1n) is 14.4. The van der Waals surface area contributed by atoms with Crippen LogP contribution in [0.5, 0.6) is 0 Å². The number of carbonyl (C=O) groups is 2. The fourth-order valence-corrected chi connectivity index (χ4v) is 4.41. The van der Waals surface area contributed by atoms with Gasteiger partial charge >= 0.3 is 6.09 Å². The predicted molar refractivity (Wildman–Crippen MR) is 149 cm³/mol. The van der Waals surface area contributed by atoms with Crippen LogP contribution >= 0.6 is 0 Å². The van der Waals surface area contributed by atoms with Gasteiger partial charge in [0.25, 0.3) is 5.91 Å². The van der Waals surface area contributed by atoms with Crippen LogP contribution in [0, 0.1) is 0 Å². The highest BCUT2D eigenvalue weighted by Crippen LogP contribution is 2.25. The number of amides is 2. The van der Waals surface area contributed by atoms with E-state index in [-0.39, 0.29) is 13.2 Å². The van der Waals surface area contributed by atoms with Crippen molar-refractivity contribution >= 4 is 12.0 Å². The number of nitrogens with one attached hydrogen (secondary N) is 2. The van der Waals surface area contributed by atoms with Gasteiger partial charge in [-0.1, -0.05) is 56.0 Å². The van der Waals surface area contributed by atoms with E-state index in [0.717, 1.165) is 37.7 Å². The largest absolute Gasteiger partial charge is 0.445 e. The topological polar surface area (TPSA) is 248 Å². The number of unbranched alkanes of at least 4 members (excludes halogenated alkanes) is 5. The van der Waals surface area contributed by atoms with E-state index in [4.69, 9.17) is 14.2 Å². The van der Waals surface area contributed by atoms with Crippen LogP contribution < -0.4 is 10.6 Å². The van der Waals surface area contributed by atoms with Gasteiger partial charge in [0, 0.05) is 13.1 Å². The minimum absolute atomic E-state index is 0.193. The van der Waals surface area contributed by atoms with Gasteiger partial charge in [-0.15, -0.1) is 0 Å². The zero-order valence-electron chi connectivity index (χ0n) is 24.0. The second-order valence-corrected chi connectivity index (χ2v) is 10.4. The number of aliphatic hydroxyl groups excluding tert-OH is 8. The van der Waals surface area contributed by atoms with Gasteiger partial charge in [-0.05, 0) is 18.4 Å². The molecule has 1 aromatic rings. The first-order chi connectivity index (χ1) is 20.6. The molecule has 0 aliphatic carbocycles. The molecule has 1 aliphatic rings. The van der Waals surface area contributed by atoms with Crippen molar-refractivity contribution in [3.05, 3.63) is 35.9 Å². The lowest BCUT2D eigenvalue weighted by molar-refractivity contribution is -0.326. The summed E-state index contributed by atoms with van der Waals surface area (Å²) in [6, 6.07) is 9.37. The Kier molecular flexibility index (Phi) is 16.9. The van der Waals surface area contributed by atoms with Gasteiger partial charge in [0.15, 0.2) is 12.4 Å². The van der Waals surface area contributed by atoms with Crippen LogP contribution in [0.2, 0.25) is 0 Å². The lowest BCUT2D eigenvalue weighted by Crippen LogP contribution is -2.62. The second-order valence-electron chi connectivity index (χ2n) is 10.4. The second kappa shape index (κ2) is 19.8. The van der Waals surface area contributed by atoms with E-state index >= 15 is 0 Å². The summed E-state index contributed by atoms with van der Waals surface area (Å²) < 4.78 is 15.6. The molecular formula is C28H46N2O13. The number of aliphatic hydroxyl groups is 8. The Morgan fingerprint density at radius 1 is 0.837 bits per heavy atom. The third-order valence-corrected chi connectivity index (χ3v) is 7.02. The van der Waals surface area contributed by atoms with Crippen LogP contribution in [0.3, 0.4) is 0 Å². The molecular weight excluding hydrogens is 572 g/mol. The van der Waals surface area contributed by atoms with Crippen LogP contribution in [0.1, 0.15) is 44.1 Å². The highest BCUT2D eigenvalue weighted by molar-refractivity contribution is 5.81. The average molecular weight is 619 g/mol. The van der Waals surface area contributed by atoms with E-state index in [2.05, 4.69) is 10.6 Å². The Hall–Kier alpha value is -2.44. The van der Waals surface area contributed by atoms with E-state index in [0.29, 0.717) is 13.0 Å². The summed E-state index contributed by atoms with van der Waals surface area (Å²) in [6.07, 6.45) is -12.0. The smallest absolute Gasteiger partial charge is 0.407 e. The molecule has 1 saturated heterocycles. The molecule has 10 N–H and O–H groups in total. The summed E-state index contributed by atoms with van der Waals surface area (Å²) in [5, 5.41) is 84.8. The summed E-state index contributed by atoms with van der Waals surface area (Å²) in [6.45, 7) is -0.814. The molecule has 0 aromatic heterocycles. The van der Waals surface area contributed by atoms with Crippen molar-refractivity contribution in [1.82, 2.24) is 10.6 Å². The van der Waals surface area contributed by atoms with E-state index in [1.165, 1.54) is 0 Å². The van der Waals surface area contributed by atoms with Crippen molar-refractivity contribution in [2.75, 3.05) is 26.3 Å². The molecule has 2 rings (SSSR count). The van der Waals surface area contributed by atoms with Gasteiger partial charge in [-0.25, -0.2) is 4.79 Å². The van der Waals surface area contributed by atoms with E-state index in [9.17, 15) is 50.4 Å². The van der Waals surface area contributed by atoms with Gasteiger partial charge < -0.3 is 65.7 Å². The summed E-state index contributed by atoms with van der Waals surface area (Å²) in [7, 11) is 0. The summed E-state index contributed by atoms with van der Waals surface area (Å²) in [5.41, 5.74) is 0.907. The first kappa shape index (κ1) is 36.8. The minimum atomic E-state index is -2.09. The molecule has 1 heterocycles. The van der Waals surface area contributed by atoms with Gasteiger partial charge in [-0.3, -0.25) is 4.79 Å². The Labute approximate surface area is 250 Å². The minimum Gasteiger partial charge on any atom is -0.445 e. The van der Waals surface area contributed by atoms with Crippen molar-refractivity contribution in [3.8, 4) is 0 Å². The number of benzene rings is 1. The third-order valence-electron chi connectivity index (χ3n) is 7.02. The van der Waals surface area contributed by atoms with E-state index in [1.54, 1.807) is 0 Å². The Bertz CT molecular complexity index is 925. The molecule has 1 fully saturated rings. The predicted octanol–water partition coefficient (Wildman–Crippen LogP) is -2.37. The van der Waals surface area contributed by atoms with Crippen molar-refractivity contribution in [2.24, 2.45) is 0 Å². The maximum atomic E-state index is 12.4. The van der Waals surface area contributed by atoms with Crippen LogP contribution in [0.25, 0.3) is 0 Å². The third kappa shape index (κ3) is 12.2. The molecule has 0 saturated carbocycles. The van der Waals surface area contributed by atoms with Gasteiger partial charge in [0.05, 0.1) is 13.2 Å². The average Bonchev–Trinajstić information content (AvgIpc) is 3.02. The maximum Gasteiger partial charge on any atom is 0.407 e. The fourth-order valence-electron chi connectivity index (χ4n) is 4.41. The first-order valence-corrected chi connectivity index (χ1v) is 14.4. The van der Waals surface area contributed by atoms with Crippen molar-refractivity contribution in [2.45, 2.75) is 100 Å². The molecule has 15 heteroatoms. The normalized spacial score (nSPS) is 24.9. The quantitative estimate of drug-likeness (QED) is 0.0729. The molecule has 0 spiro atoms. The number of carbonyl (C=O) groups excluding carboxylic acids is 2. The summed E-state index contributed by atoms with van der Waals surface area (Å²) in [5.74, 6) is -0.967. The van der Waals surface area contributed by atoms with Crippen molar-refractivity contribution in [1.29, 1.82) is 0 Å². The molecule has 0 bridgehead atoms. The molecule has 0 radical (unpaired) electrons.